The highest BCUT2D eigenvalue weighted by Crippen LogP contribution is 2.35. The van der Waals surface area contributed by atoms with Gasteiger partial charge in [-0.15, -0.1) is 0 Å². The minimum atomic E-state index is -0.206. The fourth-order valence-electron chi connectivity index (χ4n) is 6.75. The number of hydrogen-bond donors (Lipinski definition) is 1. The van der Waals surface area contributed by atoms with E-state index in [0.29, 0.717) is 37.3 Å². The minimum absolute atomic E-state index is 0.206. The van der Waals surface area contributed by atoms with Gasteiger partial charge < -0.3 is 24.8 Å². The lowest BCUT2D eigenvalue weighted by Gasteiger charge is -2.37. The SMILES string of the molecule is CN1CCCC1COc1nc2c(c(N3C[C@H]4CC[C@@H](C3)N4)n1)CCN(c1cccc3ccc(F)cc13)C2. The van der Waals surface area contributed by atoms with Gasteiger partial charge in [0.05, 0.1) is 12.2 Å². The molecule has 7 nitrogen and oxygen atoms in total. The molecule has 4 aliphatic heterocycles. The zero-order valence-electron chi connectivity index (χ0n) is 21.5. The van der Waals surface area contributed by atoms with Crippen LogP contribution >= 0.6 is 0 Å². The van der Waals surface area contributed by atoms with Crippen LogP contribution in [0.25, 0.3) is 10.8 Å². The molecule has 0 amide bonds. The van der Waals surface area contributed by atoms with Gasteiger partial charge in [-0.25, -0.2) is 4.39 Å². The number of nitrogens with zero attached hydrogens (tertiary/aromatic N) is 5. The molecule has 5 heterocycles. The quantitative estimate of drug-likeness (QED) is 0.570. The van der Waals surface area contributed by atoms with E-state index in [9.17, 15) is 4.39 Å². The Morgan fingerprint density at radius 2 is 1.89 bits per heavy atom. The van der Waals surface area contributed by atoms with Crippen molar-refractivity contribution >= 4 is 22.3 Å². The summed E-state index contributed by atoms with van der Waals surface area (Å²) in [6.45, 7) is 5.22. The first kappa shape index (κ1) is 23.2. The number of halogens is 1. The molecule has 194 valence electrons. The normalized spacial score (nSPS) is 25.6. The Kier molecular flexibility index (Phi) is 5.89. The summed E-state index contributed by atoms with van der Waals surface area (Å²) in [7, 11) is 2.17. The van der Waals surface area contributed by atoms with Gasteiger partial charge in [-0.05, 0) is 69.3 Å². The van der Waals surface area contributed by atoms with Crippen molar-refractivity contribution in [2.24, 2.45) is 0 Å². The maximum atomic E-state index is 14.2. The van der Waals surface area contributed by atoms with Crippen molar-refractivity contribution in [3.05, 3.63) is 53.5 Å². The first-order valence-electron chi connectivity index (χ1n) is 13.8. The second-order valence-electron chi connectivity index (χ2n) is 11.2. The molecule has 7 rings (SSSR count). The van der Waals surface area contributed by atoms with Gasteiger partial charge in [0, 0.05) is 54.4 Å². The summed E-state index contributed by atoms with van der Waals surface area (Å²) in [5.74, 6) is 0.852. The number of anilines is 2. The number of likely N-dealkylation sites (N-methyl/N-ethyl adjacent to an activating group) is 1. The lowest BCUT2D eigenvalue weighted by Crippen LogP contribution is -2.52. The van der Waals surface area contributed by atoms with Crippen molar-refractivity contribution in [3.63, 3.8) is 0 Å². The second kappa shape index (κ2) is 9.40. The second-order valence-corrected chi connectivity index (χ2v) is 11.2. The fourth-order valence-corrected chi connectivity index (χ4v) is 6.75. The Morgan fingerprint density at radius 3 is 2.70 bits per heavy atom. The lowest BCUT2D eigenvalue weighted by atomic mass is 10.0. The van der Waals surface area contributed by atoms with E-state index in [1.54, 1.807) is 6.07 Å². The molecule has 4 aliphatic rings. The van der Waals surface area contributed by atoms with Gasteiger partial charge in [0.1, 0.15) is 18.2 Å². The van der Waals surface area contributed by atoms with Crippen LogP contribution in [0.2, 0.25) is 0 Å². The highest BCUT2D eigenvalue weighted by Gasteiger charge is 2.35. The smallest absolute Gasteiger partial charge is 0.318 e. The number of likely N-dealkylation sites (tertiary alicyclic amines) is 1. The number of piperazine rings is 1. The number of benzene rings is 2. The molecule has 1 unspecified atom stereocenters. The van der Waals surface area contributed by atoms with E-state index in [0.717, 1.165) is 67.0 Å². The van der Waals surface area contributed by atoms with Gasteiger partial charge in [-0.3, -0.25) is 0 Å². The molecule has 1 aromatic heterocycles. The molecule has 0 spiro atoms. The zero-order chi connectivity index (χ0) is 24.9. The molecular weight excluding hydrogens is 467 g/mol. The average molecular weight is 503 g/mol. The molecule has 0 aliphatic carbocycles. The number of ether oxygens (including phenoxy) is 1. The molecule has 1 N–H and O–H groups in total. The molecule has 3 saturated heterocycles. The molecule has 3 aromatic rings. The van der Waals surface area contributed by atoms with Crippen LogP contribution in [0.15, 0.2) is 36.4 Å². The number of aromatic nitrogens is 2. The van der Waals surface area contributed by atoms with Gasteiger partial charge >= 0.3 is 6.01 Å². The van der Waals surface area contributed by atoms with E-state index in [4.69, 9.17) is 14.7 Å². The summed E-state index contributed by atoms with van der Waals surface area (Å²) in [5, 5.41) is 5.74. The van der Waals surface area contributed by atoms with Crippen molar-refractivity contribution in [1.29, 1.82) is 0 Å². The van der Waals surface area contributed by atoms with Crippen molar-refractivity contribution in [1.82, 2.24) is 20.2 Å². The number of hydrogen-bond acceptors (Lipinski definition) is 7. The summed E-state index contributed by atoms with van der Waals surface area (Å²) in [4.78, 5) is 17.2. The molecule has 37 heavy (non-hydrogen) atoms. The van der Waals surface area contributed by atoms with Crippen LogP contribution in [-0.4, -0.2) is 72.8 Å². The van der Waals surface area contributed by atoms with Crippen LogP contribution in [0.5, 0.6) is 6.01 Å². The van der Waals surface area contributed by atoms with Crippen molar-refractivity contribution < 1.29 is 9.13 Å². The van der Waals surface area contributed by atoms with Crippen LogP contribution < -0.4 is 19.9 Å². The highest BCUT2D eigenvalue weighted by molar-refractivity contribution is 5.94. The minimum Gasteiger partial charge on any atom is -0.462 e. The number of rotatable bonds is 5. The van der Waals surface area contributed by atoms with E-state index < -0.39 is 0 Å². The summed E-state index contributed by atoms with van der Waals surface area (Å²) in [6.07, 6.45) is 5.70. The average Bonchev–Trinajstić information content (AvgIpc) is 3.49. The van der Waals surface area contributed by atoms with Crippen LogP contribution in [0.4, 0.5) is 15.9 Å². The predicted molar refractivity (Wildman–Crippen MR) is 144 cm³/mol. The summed E-state index contributed by atoms with van der Waals surface area (Å²) < 4.78 is 20.5. The highest BCUT2D eigenvalue weighted by atomic mass is 19.1. The Bertz CT molecular complexity index is 1310. The molecule has 2 aromatic carbocycles. The Labute approximate surface area is 217 Å². The summed E-state index contributed by atoms with van der Waals surface area (Å²) >= 11 is 0. The maximum Gasteiger partial charge on any atom is 0.318 e. The third kappa shape index (κ3) is 4.40. The largest absolute Gasteiger partial charge is 0.462 e. The van der Waals surface area contributed by atoms with Crippen molar-refractivity contribution in [2.45, 2.75) is 56.8 Å². The third-order valence-corrected chi connectivity index (χ3v) is 8.78. The van der Waals surface area contributed by atoms with Gasteiger partial charge in [0.2, 0.25) is 0 Å². The van der Waals surface area contributed by atoms with Gasteiger partial charge in [0.25, 0.3) is 0 Å². The lowest BCUT2D eigenvalue weighted by molar-refractivity contribution is 0.187. The van der Waals surface area contributed by atoms with E-state index in [-0.39, 0.29) is 5.82 Å². The standard InChI is InChI=1S/C29H35FN6O/c1-34-12-3-5-23(34)18-37-29-32-26-17-35(27-6-2-4-19-7-8-20(30)14-25(19)27)13-11-24(26)28(33-29)36-15-21-9-10-22(16-36)31-21/h2,4,6-8,14,21-23,31H,3,5,9-13,15-18H2,1H3/t21-,22+,23?. The van der Waals surface area contributed by atoms with E-state index in [2.05, 4.69) is 39.2 Å². The fraction of sp³-hybridized carbons (Fsp3) is 0.517. The van der Waals surface area contributed by atoms with Crippen LogP contribution in [0.3, 0.4) is 0 Å². The summed E-state index contributed by atoms with van der Waals surface area (Å²) in [6, 6.07) is 13.2. The van der Waals surface area contributed by atoms with E-state index in [1.165, 1.54) is 30.9 Å². The molecule has 8 heteroatoms. The predicted octanol–water partition coefficient (Wildman–Crippen LogP) is 3.75. The maximum absolute atomic E-state index is 14.2. The van der Waals surface area contributed by atoms with Gasteiger partial charge in [-0.1, -0.05) is 18.2 Å². The molecule has 0 saturated carbocycles. The number of nitrogens with one attached hydrogen (secondary N) is 1. The van der Waals surface area contributed by atoms with E-state index in [1.807, 2.05) is 12.1 Å². The molecular formula is C29H35FN6O. The molecule has 0 radical (unpaired) electrons. The van der Waals surface area contributed by atoms with Gasteiger partial charge in [-0.2, -0.15) is 9.97 Å². The van der Waals surface area contributed by atoms with Crippen molar-refractivity contribution in [3.8, 4) is 6.01 Å². The summed E-state index contributed by atoms with van der Waals surface area (Å²) in [5.41, 5.74) is 3.33. The first-order chi connectivity index (χ1) is 18.1. The molecule has 3 atom stereocenters. The number of fused-ring (bicyclic) bond motifs is 4. The zero-order valence-corrected chi connectivity index (χ0v) is 21.5. The third-order valence-electron chi connectivity index (χ3n) is 8.78. The van der Waals surface area contributed by atoms with Crippen LogP contribution in [0.1, 0.15) is 36.9 Å². The Morgan fingerprint density at radius 1 is 1.03 bits per heavy atom. The molecule has 3 fully saturated rings. The monoisotopic (exact) mass is 502 g/mol. The van der Waals surface area contributed by atoms with E-state index >= 15 is 0 Å². The van der Waals surface area contributed by atoms with Crippen molar-refractivity contribution in [2.75, 3.05) is 49.6 Å². The van der Waals surface area contributed by atoms with Crippen LogP contribution in [-0.2, 0) is 13.0 Å². The Balaban J connectivity index is 1.22. The van der Waals surface area contributed by atoms with Gasteiger partial charge in [0.15, 0.2) is 0 Å². The molecule has 2 bridgehead atoms. The first-order valence-corrected chi connectivity index (χ1v) is 13.8. The Hall–Kier alpha value is -2.97. The topological polar surface area (TPSA) is 56.8 Å². The van der Waals surface area contributed by atoms with Crippen LogP contribution in [0, 0.1) is 5.82 Å².